The van der Waals surface area contributed by atoms with Crippen LogP contribution < -0.4 is 10.6 Å². The van der Waals surface area contributed by atoms with Crippen LogP contribution in [0.2, 0.25) is 0 Å². The van der Waals surface area contributed by atoms with E-state index in [2.05, 4.69) is 14.8 Å². The van der Waals surface area contributed by atoms with Gasteiger partial charge in [0.1, 0.15) is 23.6 Å². The number of anilines is 1. The number of methoxy groups -OCH3 is 2. The lowest BCUT2D eigenvalue weighted by Gasteiger charge is -2.11. The molecule has 0 aliphatic carbocycles. The van der Waals surface area contributed by atoms with Crippen LogP contribution in [0.1, 0.15) is 12.5 Å². The monoisotopic (exact) mass is 422 g/mol. The summed E-state index contributed by atoms with van der Waals surface area (Å²) in [6.45, 7) is 1.73. The molecule has 156 valence electrons. The van der Waals surface area contributed by atoms with Crippen LogP contribution in [0.25, 0.3) is 0 Å². The van der Waals surface area contributed by atoms with Gasteiger partial charge in [0, 0.05) is 20.8 Å². The van der Waals surface area contributed by atoms with Crippen molar-refractivity contribution in [2.45, 2.75) is 25.9 Å². The fourth-order valence-corrected chi connectivity index (χ4v) is 1.40. The SMILES string of the molecule is COC(C)OC.Cl.O=CCNCc1cc(F)c(NC(=O)C(F)(F)F)c(F)c1. The number of halogens is 6. The molecule has 0 heterocycles. The van der Waals surface area contributed by atoms with E-state index < -0.39 is 29.4 Å². The van der Waals surface area contributed by atoms with Crippen LogP contribution in [-0.2, 0) is 25.6 Å². The molecule has 0 fully saturated rings. The van der Waals surface area contributed by atoms with E-state index in [0.717, 1.165) is 17.4 Å². The molecule has 0 saturated carbocycles. The molecule has 0 spiro atoms. The third-order valence-corrected chi connectivity index (χ3v) is 2.82. The molecule has 0 radical (unpaired) electrons. The summed E-state index contributed by atoms with van der Waals surface area (Å²) in [5, 5.41) is 3.64. The molecule has 0 aromatic heterocycles. The normalized spacial score (nSPS) is 10.6. The minimum atomic E-state index is -5.25. The Balaban J connectivity index is 0. The molecule has 1 amide bonds. The Morgan fingerprint density at radius 3 is 2.00 bits per heavy atom. The molecule has 0 atom stereocenters. The average Bonchev–Trinajstić information content (AvgIpc) is 2.57. The van der Waals surface area contributed by atoms with E-state index in [-0.39, 0.29) is 37.4 Å². The lowest BCUT2D eigenvalue weighted by Crippen LogP contribution is -2.30. The molecular weight excluding hydrogens is 403 g/mol. The van der Waals surface area contributed by atoms with Gasteiger partial charge in [-0.25, -0.2) is 8.78 Å². The van der Waals surface area contributed by atoms with E-state index in [4.69, 9.17) is 0 Å². The van der Waals surface area contributed by atoms with Crippen molar-refractivity contribution in [2.75, 3.05) is 26.1 Å². The molecular formula is C15H20ClF5N2O4. The Hall–Kier alpha value is -1.82. The summed E-state index contributed by atoms with van der Waals surface area (Å²) in [4.78, 5) is 20.6. The smallest absolute Gasteiger partial charge is 0.356 e. The fraction of sp³-hybridized carbons (Fsp3) is 0.467. The van der Waals surface area contributed by atoms with Crippen molar-refractivity contribution >= 4 is 30.3 Å². The second-order valence-corrected chi connectivity index (χ2v) is 4.72. The zero-order chi connectivity index (χ0) is 20.3. The van der Waals surface area contributed by atoms with Crippen LogP contribution >= 0.6 is 12.4 Å². The van der Waals surface area contributed by atoms with E-state index in [1.54, 1.807) is 14.2 Å². The molecule has 27 heavy (non-hydrogen) atoms. The minimum Gasteiger partial charge on any atom is -0.356 e. The van der Waals surface area contributed by atoms with E-state index in [9.17, 15) is 31.5 Å². The first-order valence-electron chi connectivity index (χ1n) is 7.12. The molecule has 6 nitrogen and oxygen atoms in total. The molecule has 12 heteroatoms. The van der Waals surface area contributed by atoms with Crippen LogP contribution in [0, 0.1) is 11.6 Å². The molecule has 0 saturated heterocycles. The Morgan fingerprint density at radius 1 is 1.19 bits per heavy atom. The lowest BCUT2D eigenvalue weighted by atomic mass is 10.2. The molecule has 0 bridgehead atoms. The molecule has 0 aliphatic rings. The van der Waals surface area contributed by atoms with Gasteiger partial charge in [-0.1, -0.05) is 0 Å². The topological polar surface area (TPSA) is 76.7 Å². The summed E-state index contributed by atoms with van der Waals surface area (Å²) in [6, 6.07) is 1.51. The van der Waals surface area contributed by atoms with Crippen LogP contribution in [-0.4, -0.2) is 45.4 Å². The largest absolute Gasteiger partial charge is 0.471 e. The molecule has 1 rings (SSSR count). The number of rotatable bonds is 7. The zero-order valence-electron chi connectivity index (χ0n) is 14.7. The number of alkyl halides is 3. The second-order valence-electron chi connectivity index (χ2n) is 4.72. The van der Waals surface area contributed by atoms with Gasteiger partial charge < -0.3 is 24.9 Å². The van der Waals surface area contributed by atoms with Crippen LogP contribution in [0.5, 0.6) is 0 Å². The summed E-state index contributed by atoms with van der Waals surface area (Å²) in [7, 11) is 3.21. The number of ether oxygens (including phenoxy) is 2. The number of nitrogens with one attached hydrogen (secondary N) is 2. The van der Waals surface area contributed by atoms with Crippen molar-refractivity contribution in [1.82, 2.24) is 5.32 Å². The standard InChI is InChI=1S/C11H9F5N2O2.C4H10O2.ClH/c12-7-3-6(5-17-1-2-19)4-8(13)9(7)18-10(20)11(14,15)16;1-4(5-2)6-3;/h2-4,17H,1,5H2,(H,18,20);4H,1-3H3;1H. The second kappa shape index (κ2) is 13.4. The van der Waals surface area contributed by atoms with Crippen molar-refractivity contribution in [1.29, 1.82) is 0 Å². The summed E-state index contributed by atoms with van der Waals surface area (Å²) < 4.78 is 72.2. The number of hydrogen-bond donors (Lipinski definition) is 2. The predicted octanol–water partition coefficient (Wildman–Crippen LogP) is 2.80. The number of hydrogen-bond acceptors (Lipinski definition) is 5. The predicted molar refractivity (Wildman–Crippen MR) is 89.5 cm³/mol. The van der Waals surface area contributed by atoms with Gasteiger partial charge in [0.25, 0.3) is 0 Å². The first kappa shape index (κ1) is 27.4. The number of amides is 1. The Morgan fingerprint density at radius 2 is 1.67 bits per heavy atom. The van der Waals surface area contributed by atoms with E-state index in [0.29, 0.717) is 6.29 Å². The van der Waals surface area contributed by atoms with Gasteiger partial charge in [0.2, 0.25) is 0 Å². The van der Waals surface area contributed by atoms with Crippen molar-refractivity contribution in [2.24, 2.45) is 0 Å². The summed E-state index contributed by atoms with van der Waals surface area (Å²) >= 11 is 0. The average molecular weight is 423 g/mol. The molecule has 2 N–H and O–H groups in total. The van der Waals surface area contributed by atoms with Crippen molar-refractivity contribution in [3.63, 3.8) is 0 Å². The first-order chi connectivity index (χ1) is 12.1. The van der Waals surface area contributed by atoms with Gasteiger partial charge in [-0.15, -0.1) is 12.4 Å². The molecule has 1 aromatic rings. The van der Waals surface area contributed by atoms with Crippen molar-refractivity contribution in [3.05, 3.63) is 29.3 Å². The third kappa shape index (κ3) is 10.8. The summed E-state index contributed by atoms with van der Waals surface area (Å²) in [5.41, 5.74) is -1.10. The van der Waals surface area contributed by atoms with Crippen LogP contribution in [0.4, 0.5) is 27.6 Å². The van der Waals surface area contributed by atoms with Gasteiger partial charge in [-0.3, -0.25) is 4.79 Å². The van der Waals surface area contributed by atoms with Gasteiger partial charge >= 0.3 is 12.1 Å². The molecule has 0 aliphatic heterocycles. The third-order valence-electron chi connectivity index (χ3n) is 2.82. The highest BCUT2D eigenvalue weighted by molar-refractivity contribution is 5.95. The van der Waals surface area contributed by atoms with Crippen LogP contribution in [0.3, 0.4) is 0 Å². The lowest BCUT2D eigenvalue weighted by molar-refractivity contribution is -0.167. The van der Waals surface area contributed by atoms with E-state index in [1.807, 2.05) is 6.92 Å². The maximum absolute atomic E-state index is 13.4. The maximum Gasteiger partial charge on any atom is 0.471 e. The van der Waals surface area contributed by atoms with Gasteiger partial charge in [-0.2, -0.15) is 13.2 Å². The van der Waals surface area contributed by atoms with Gasteiger partial charge in [0.15, 0.2) is 6.29 Å². The highest BCUT2D eigenvalue weighted by Gasteiger charge is 2.39. The number of carbonyl (C=O) groups is 2. The Bertz CT molecular complexity index is 575. The van der Waals surface area contributed by atoms with Crippen molar-refractivity contribution in [3.8, 4) is 0 Å². The Kier molecular flexibility index (Phi) is 13.6. The number of benzene rings is 1. The number of aldehydes is 1. The van der Waals surface area contributed by atoms with E-state index in [1.165, 1.54) is 0 Å². The highest BCUT2D eigenvalue weighted by atomic mass is 35.5. The summed E-state index contributed by atoms with van der Waals surface area (Å²) in [6.07, 6.45) is -4.78. The van der Waals surface area contributed by atoms with E-state index >= 15 is 0 Å². The van der Waals surface area contributed by atoms with Crippen LogP contribution in [0.15, 0.2) is 12.1 Å². The zero-order valence-corrected chi connectivity index (χ0v) is 15.5. The Labute approximate surface area is 158 Å². The highest BCUT2D eigenvalue weighted by Crippen LogP contribution is 2.24. The fourth-order valence-electron chi connectivity index (χ4n) is 1.40. The number of carbonyl (C=O) groups excluding carboxylic acids is 2. The van der Waals surface area contributed by atoms with Crippen molar-refractivity contribution < 1.29 is 41.0 Å². The minimum absolute atomic E-state index is 0. The molecule has 1 aromatic carbocycles. The summed E-state index contributed by atoms with van der Waals surface area (Å²) in [5.74, 6) is -5.15. The van der Waals surface area contributed by atoms with Gasteiger partial charge in [0.05, 0.1) is 6.54 Å². The van der Waals surface area contributed by atoms with Gasteiger partial charge in [-0.05, 0) is 24.6 Å². The molecule has 0 unspecified atom stereocenters. The first-order valence-corrected chi connectivity index (χ1v) is 7.12. The maximum atomic E-state index is 13.4. The quantitative estimate of drug-likeness (QED) is 0.306.